The number of benzene rings is 2. The maximum absolute atomic E-state index is 11.3. The van der Waals surface area contributed by atoms with Crippen LogP contribution in [0.3, 0.4) is 0 Å². The van der Waals surface area contributed by atoms with E-state index in [1.165, 1.54) is 0 Å². The van der Waals surface area contributed by atoms with Gasteiger partial charge in [-0.2, -0.15) is 0 Å². The Labute approximate surface area is 118 Å². The second-order valence-corrected chi connectivity index (χ2v) is 4.50. The Bertz CT molecular complexity index is 579. The molecule has 0 bridgehead atoms. The second kappa shape index (κ2) is 6.61. The first-order chi connectivity index (χ1) is 9.67. The number of rotatable bonds is 5. The fourth-order valence-electron chi connectivity index (χ4n) is 1.79. The summed E-state index contributed by atoms with van der Waals surface area (Å²) in [6.07, 6.45) is 0.470. The van der Waals surface area contributed by atoms with Gasteiger partial charge in [-0.3, -0.25) is 4.79 Å². The predicted octanol–water partition coefficient (Wildman–Crippen LogP) is 3.35. The van der Waals surface area contributed by atoms with Gasteiger partial charge in [-0.05, 0) is 42.0 Å². The van der Waals surface area contributed by atoms with E-state index in [0.29, 0.717) is 13.0 Å². The first-order valence-electron chi connectivity index (χ1n) is 6.59. The van der Waals surface area contributed by atoms with Gasteiger partial charge in [0.25, 0.3) is 0 Å². The lowest BCUT2D eigenvalue weighted by molar-refractivity contribution is -0.115. The Balaban J connectivity index is 1.92. The fraction of sp³-hybridized carbons (Fsp3) is 0.188. The van der Waals surface area contributed by atoms with Crippen LogP contribution in [0.15, 0.2) is 48.5 Å². The molecule has 4 heteroatoms. The maximum atomic E-state index is 11.3. The largest absolute Gasteiger partial charge is 0.508 e. The van der Waals surface area contributed by atoms with Crippen LogP contribution >= 0.6 is 0 Å². The molecule has 2 aromatic carbocycles. The molecule has 0 aliphatic rings. The molecule has 0 fully saturated rings. The van der Waals surface area contributed by atoms with Gasteiger partial charge in [0.2, 0.25) is 5.91 Å². The number of hydrogen-bond acceptors (Lipinski definition) is 3. The van der Waals surface area contributed by atoms with Crippen LogP contribution in [-0.4, -0.2) is 11.0 Å². The molecule has 4 nitrogen and oxygen atoms in total. The van der Waals surface area contributed by atoms with Crippen LogP contribution in [0.5, 0.6) is 5.75 Å². The molecule has 0 saturated heterocycles. The van der Waals surface area contributed by atoms with Crippen molar-refractivity contribution in [1.29, 1.82) is 0 Å². The number of anilines is 2. The average Bonchev–Trinajstić information content (AvgIpc) is 2.46. The number of phenols is 1. The number of phenolic OH excluding ortho intramolecular Hbond substituents is 1. The number of hydrogen-bond donors (Lipinski definition) is 3. The first-order valence-corrected chi connectivity index (χ1v) is 6.59. The minimum absolute atomic E-state index is 0.00506. The number of carbonyl (C=O) groups is 1. The van der Waals surface area contributed by atoms with Crippen molar-refractivity contribution in [3.8, 4) is 5.75 Å². The smallest absolute Gasteiger partial charge is 0.224 e. The molecule has 20 heavy (non-hydrogen) atoms. The van der Waals surface area contributed by atoms with Gasteiger partial charge in [-0.25, -0.2) is 0 Å². The normalized spacial score (nSPS) is 10.1. The van der Waals surface area contributed by atoms with Crippen LogP contribution in [-0.2, 0) is 11.3 Å². The molecule has 0 spiro atoms. The van der Waals surface area contributed by atoms with Gasteiger partial charge in [-0.15, -0.1) is 0 Å². The van der Waals surface area contributed by atoms with Crippen molar-refractivity contribution in [3.63, 3.8) is 0 Å². The Morgan fingerprint density at radius 1 is 1.10 bits per heavy atom. The topological polar surface area (TPSA) is 61.4 Å². The van der Waals surface area contributed by atoms with Crippen LogP contribution in [0, 0.1) is 0 Å². The zero-order chi connectivity index (χ0) is 14.4. The summed E-state index contributed by atoms with van der Waals surface area (Å²) in [4.78, 5) is 11.3. The summed E-state index contributed by atoms with van der Waals surface area (Å²) in [6.45, 7) is 2.45. The monoisotopic (exact) mass is 270 g/mol. The van der Waals surface area contributed by atoms with Gasteiger partial charge in [0.1, 0.15) is 5.75 Å². The van der Waals surface area contributed by atoms with E-state index in [9.17, 15) is 9.90 Å². The summed E-state index contributed by atoms with van der Waals surface area (Å²) in [6, 6.07) is 14.7. The molecule has 0 aromatic heterocycles. The third kappa shape index (κ3) is 4.02. The zero-order valence-corrected chi connectivity index (χ0v) is 11.4. The Kier molecular flexibility index (Phi) is 4.60. The summed E-state index contributed by atoms with van der Waals surface area (Å²) in [7, 11) is 0. The first kappa shape index (κ1) is 13.9. The summed E-state index contributed by atoms with van der Waals surface area (Å²) >= 11 is 0. The molecule has 3 N–H and O–H groups in total. The van der Waals surface area contributed by atoms with Crippen molar-refractivity contribution in [2.75, 3.05) is 10.6 Å². The highest BCUT2D eigenvalue weighted by atomic mass is 16.3. The van der Waals surface area contributed by atoms with Crippen molar-refractivity contribution < 1.29 is 9.90 Å². The van der Waals surface area contributed by atoms with E-state index in [0.717, 1.165) is 16.9 Å². The Morgan fingerprint density at radius 3 is 2.45 bits per heavy atom. The lowest BCUT2D eigenvalue weighted by Gasteiger charge is -2.08. The summed E-state index contributed by atoms with van der Waals surface area (Å²) in [5, 5.41) is 15.4. The van der Waals surface area contributed by atoms with E-state index in [1.807, 2.05) is 43.3 Å². The fourth-order valence-corrected chi connectivity index (χ4v) is 1.79. The van der Waals surface area contributed by atoms with E-state index in [4.69, 9.17) is 0 Å². The van der Waals surface area contributed by atoms with Crippen LogP contribution in [0.1, 0.15) is 18.9 Å². The molecule has 104 valence electrons. The van der Waals surface area contributed by atoms with Crippen LogP contribution in [0.2, 0.25) is 0 Å². The van der Waals surface area contributed by atoms with Crippen molar-refractivity contribution in [3.05, 3.63) is 54.1 Å². The highest BCUT2D eigenvalue weighted by Gasteiger charge is 1.99. The van der Waals surface area contributed by atoms with Gasteiger partial charge in [0, 0.05) is 24.3 Å². The van der Waals surface area contributed by atoms with Crippen molar-refractivity contribution in [1.82, 2.24) is 0 Å². The third-order valence-corrected chi connectivity index (χ3v) is 2.90. The van der Waals surface area contributed by atoms with Gasteiger partial charge in [-0.1, -0.05) is 19.1 Å². The van der Waals surface area contributed by atoms with Crippen LogP contribution < -0.4 is 10.6 Å². The number of carbonyl (C=O) groups excluding carboxylic acids is 1. The molecular formula is C16H18N2O2. The maximum Gasteiger partial charge on any atom is 0.224 e. The van der Waals surface area contributed by atoms with E-state index in [-0.39, 0.29) is 11.7 Å². The molecule has 0 aliphatic carbocycles. The minimum Gasteiger partial charge on any atom is -0.508 e. The van der Waals surface area contributed by atoms with Crippen molar-refractivity contribution >= 4 is 17.3 Å². The molecule has 0 unspecified atom stereocenters. The lowest BCUT2D eigenvalue weighted by atomic mass is 10.2. The Hall–Kier alpha value is -2.49. The highest BCUT2D eigenvalue weighted by molar-refractivity contribution is 5.90. The minimum atomic E-state index is 0.00506. The van der Waals surface area contributed by atoms with Crippen LogP contribution in [0.25, 0.3) is 0 Å². The van der Waals surface area contributed by atoms with Crippen LogP contribution in [0.4, 0.5) is 11.4 Å². The van der Waals surface area contributed by atoms with Gasteiger partial charge in [0.15, 0.2) is 0 Å². The summed E-state index contributed by atoms with van der Waals surface area (Å²) < 4.78 is 0. The van der Waals surface area contributed by atoms with E-state index in [1.54, 1.807) is 12.1 Å². The number of nitrogens with one attached hydrogen (secondary N) is 2. The summed E-state index contributed by atoms with van der Waals surface area (Å²) in [5.41, 5.74) is 2.76. The molecule has 1 amide bonds. The molecule has 0 radical (unpaired) electrons. The molecule has 0 atom stereocenters. The van der Waals surface area contributed by atoms with E-state index in [2.05, 4.69) is 10.6 Å². The third-order valence-electron chi connectivity index (χ3n) is 2.90. The second-order valence-electron chi connectivity index (χ2n) is 4.50. The standard InChI is InChI=1S/C16H18N2O2/c1-2-16(20)18-14-8-6-13(7-9-14)17-11-12-4-3-5-15(19)10-12/h3-10,17,19H,2,11H2,1H3,(H,18,20). The van der Waals surface area contributed by atoms with Gasteiger partial charge >= 0.3 is 0 Å². The number of amides is 1. The number of aromatic hydroxyl groups is 1. The molecule has 2 aromatic rings. The molecule has 0 heterocycles. The highest BCUT2D eigenvalue weighted by Crippen LogP contribution is 2.16. The SMILES string of the molecule is CCC(=O)Nc1ccc(NCc2cccc(O)c2)cc1. The lowest BCUT2D eigenvalue weighted by Crippen LogP contribution is -2.09. The van der Waals surface area contributed by atoms with Gasteiger partial charge in [0.05, 0.1) is 0 Å². The predicted molar refractivity (Wildman–Crippen MR) is 80.8 cm³/mol. The Morgan fingerprint density at radius 2 is 1.80 bits per heavy atom. The summed E-state index contributed by atoms with van der Waals surface area (Å²) in [5.74, 6) is 0.271. The molecule has 0 aliphatic heterocycles. The van der Waals surface area contributed by atoms with E-state index >= 15 is 0 Å². The molecular weight excluding hydrogens is 252 g/mol. The van der Waals surface area contributed by atoms with E-state index < -0.39 is 0 Å². The van der Waals surface area contributed by atoms with Crippen molar-refractivity contribution in [2.24, 2.45) is 0 Å². The molecule has 0 saturated carbocycles. The van der Waals surface area contributed by atoms with Crippen molar-refractivity contribution in [2.45, 2.75) is 19.9 Å². The van der Waals surface area contributed by atoms with Gasteiger partial charge < -0.3 is 15.7 Å². The quantitative estimate of drug-likeness (QED) is 0.780. The average molecular weight is 270 g/mol. The molecule has 2 rings (SSSR count). The zero-order valence-electron chi connectivity index (χ0n) is 11.4.